The Kier molecular flexibility index (Phi) is 6.95. The summed E-state index contributed by atoms with van der Waals surface area (Å²) in [6.45, 7) is 7.94. The number of amides is 3. The molecule has 0 saturated carbocycles. The number of hydrogen-bond donors (Lipinski definition) is 2. The molecule has 2 aromatic heterocycles. The number of H-pyrrole nitrogens is 1. The lowest BCUT2D eigenvalue weighted by atomic mass is 9.83. The van der Waals surface area contributed by atoms with Crippen LogP contribution in [0.2, 0.25) is 0 Å². The van der Waals surface area contributed by atoms with Crippen LogP contribution in [0.25, 0.3) is 0 Å². The molecule has 1 aromatic carbocycles. The van der Waals surface area contributed by atoms with Gasteiger partial charge in [-0.2, -0.15) is 5.10 Å². The van der Waals surface area contributed by atoms with Crippen molar-refractivity contribution in [3.63, 3.8) is 0 Å². The number of nitrogens with zero attached hydrogens (tertiary/aromatic N) is 5. The monoisotopic (exact) mass is 543 g/mol. The highest BCUT2D eigenvalue weighted by Gasteiger charge is 2.36. The molecule has 2 N–H and O–H groups in total. The zero-order chi connectivity index (χ0) is 27.9. The van der Waals surface area contributed by atoms with Crippen LogP contribution < -0.4 is 10.2 Å². The van der Waals surface area contributed by atoms with E-state index in [2.05, 4.69) is 40.3 Å². The first-order valence-electron chi connectivity index (χ1n) is 14.0. The van der Waals surface area contributed by atoms with Gasteiger partial charge in [-0.25, -0.2) is 9.78 Å². The minimum atomic E-state index is -0.214. The van der Waals surface area contributed by atoms with Gasteiger partial charge in [0, 0.05) is 73.8 Å². The van der Waals surface area contributed by atoms with Crippen molar-refractivity contribution in [3.8, 4) is 0 Å². The number of ether oxygens (including phenoxy) is 1. The van der Waals surface area contributed by atoms with E-state index < -0.39 is 0 Å². The van der Waals surface area contributed by atoms with E-state index in [-0.39, 0.29) is 23.4 Å². The van der Waals surface area contributed by atoms with Gasteiger partial charge in [0.1, 0.15) is 5.82 Å². The van der Waals surface area contributed by atoms with Crippen LogP contribution in [0.15, 0.2) is 42.6 Å². The Labute approximate surface area is 234 Å². The van der Waals surface area contributed by atoms with E-state index in [1.54, 1.807) is 7.11 Å². The summed E-state index contributed by atoms with van der Waals surface area (Å²) in [7, 11) is 1.64. The maximum atomic E-state index is 13.8. The van der Waals surface area contributed by atoms with Crippen molar-refractivity contribution in [1.29, 1.82) is 0 Å². The fourth-order valence-electron chi connectivity index (χ4n) is 6.38. The standard InChI is InChI=1S/C30H37N7O3/c1-30(2)19-36(17-22-16-31-34-27(22)30)28(38)21-14-23(18-40-3)32-26(15-21)35-11-9-24(10-12-35)37-13-8-20-6-4-5-7-25(20)33-29(37)39/h4-7,14-16,24H,8-13,17-19H2,1-3H3,(H,31,34)(H,33,39). The fourth-order valence-corrected chi connectivity index (χ4v) is 6.38. The highest BCUT2D eigenvalue weighted by atomic mass is 16.5. The Balaban J connectivity index is 1.17. The minimum absolute atomic E-state index is 0.0170. The van der Waals surface area contributed by atoms with Gasteiger partial charge in [0.05, 0.1) is 18.5 Å². The number of piperidine rings is 1. The molecule has 1 fully saturated rings. The second-order valence-electron chi connectivity index (χ2n) is 11.7. The van der Waals surface area contributed by atoms with Crippen LogP contribution in [0.3, 0.4) is 0 Å². The Morgan fingerprint density at radius 1 is 1.12 bits per heavy atom. The van der Waals surface area contributed by atoms with Gasteiger partial charge in [0.15, 0.2) is 0 Å². The van der Waals surface area contributed by atoms with Crippen LogP contribution in [0.4, 0.5) is 16.3 Å². The second-order valence-corrected chi connectivity index (χ2v) is 11.7. The van der Waals surface area contributed by atoms with Gasteiger partial charge >= 0.3 is 6.03 Å². The Hall–Kier alpha value is -3.92. The Morgan fingerprint density at radius 2 is 1.93 bits per heavy atom. The van der Waals surface area contributed by atoms with Crippen molar-refractivity contribution >= 4 is 23.4 Å². The van der Waals surface area contributed by atoms with Crippen molar-refractivity contribution in [1.82, 2.24) is 25.0 Å². The average molecular weight is 544 g/mol. The van der Waals surface area contributed by atoms with Gasteiger partial charge in [0.25, 0.3) is 5.91 Å². The highest BCUT2D eigenvalue weighted by molar-refractivity contribution is 5.95. The smallest absolute Gasteiger partial charge is 0.322 e. The molecule has 1 saturated heterocycles. The molecule has 0 spiro atoms. The molecule has 0 aliphatic carbocycles. The van der Waals surface area contributed by atoms with E-state index in [1.165, 1.54) is 5.56 Å². The van der Waals surface area contributed by atoms with Gasteiger partial charge in [-0.3, -0.25) is 9.89 Å². The summed E-state index contributed by atoms with van der Waals surface area (Å²) in [4.78, 5) is 37.8. The van der Waals surface area contributed by atoms with Gasteiger partial charge in [-0.1, -0.05) is 32.0 Å². The van der Waals surface area contributed by atoms with E-state index in [1.807, 2.05) is 46.3 Å². The van der Waals surface area contributed by atoms with E-state index in [0.29, 0.717) is 31.8 Å². The number of rotatable bonds is 5. The topological polar surface area (TPSA) is 107 Å². The average Bonchev–Trinajstić information content (AvgIpc) is 3.37. The molecular weight excluding hydrogens is 506 g/mol. The molecule has 10 heteroatoms. The lowest BCUT2D eigenvalue weighted by Crippen LogP contribution is -2.49. The van der Waals surface area contributed by atoms with Crippen LogP contribution in [0.5, 0.6) is 0 Å². The zero-order valence-corrected chi connectivity index (χ0v) is 23.4. The van der Waals surface area contributed by atoms with E-state index in [9.17, 15) is 9.59 Å². The Morgan fingerprint density at radius 3 is 2.73 bits per heavy atom. The normalized spacial score (nSPS) is 19.1. The molecule has 3 aromatic rings. The maximum absolute atomic E-state index is 13.8. The molecule has 0 radical (unpaired) electrons. The van der Waals surface area contributed by atoms with E-state index in [0.717, 1.165) is 60.8 Å². The summed E-state index contributed by atoms with van der Waals surface area (Å²) in [5.41, 5.74) is 5.36. The number of pyridine rings is 1. The molecule has 0 unspecified atom stereocenters. The van der Waals surface area contributed by atoms with Crippen LogP contribution in [0, 0.1) is 0 Å². The molecule has 0 bridgehead atoms. The summed E-state index contributed by atoms with van der Waals surface area (Å²) >= 11 is 0. The van der Waals surface area contributed by atoms with E-state index in [4.69, 9.17) is 9.72 Å². The van der Waals surface area contributed by atoms with Crippen molar-refractivity contribution in [3.05, 3.63) is 70.7 Å². The number of methoxy groups -OCH3 is 1. The molecule has 5 heterocycles. The van der Waals surface area contributed by atoms with Crippen LogP contribution in [-0.4, -0.2) is 76.3 Å². The predicted octanol–water partition coefficient (Wildman–Crippen LogP) is 3.94. The number of aromatic nitrogens is 3. The van der Waals surface area contributed by atoms with Crippen LogP contribution in [-0.2, 0) is 29.7 Å². The third-order valence-electron chi connectivity index (χ3n) is 8.40. The number of aromatic amines is 1. The van der Waals surface area contributed by atoms with E-state index >= 15 is 0 Å². The van der Waals surface area contributed by atoms with Crippen LogP contribution >= 0.6 is 0 Å². The first-order chi connectivity index (χ1) is 19.3. The predicted molar refractivity (Wildman–Crippen MR) is 152 cm³/mol. The van der Waals surface area contributed by atoms with Gasteiger partial charge in [-0.15, -0.1) is 0 Å². The molecule has 10 nitrogen and oxygen atoms in total. The SMILES string of the molecule is COCc1cc(C(=O)N2Cc3cn[nH]c3C(C)(C)C2)cc(N2CCC(N3CCc4ccccc4NC3=O)CC2)n1. The van der Waals surface area contributed by atoms with Crippen molar-refractivity contribution in [2.24, 2.45) is 0 Å². The summed E-state index contributed by atoms with van der Waals surface area (Å²) < 4.78 is 5.40. The maximum Gasteiger partial charge on any atom is 0.322 e. The van der Waals surface area contributed by atoms with Crippen molar-refractivity contribution in [2.75, 3.05) is 43.5 Å². The summed E-state index contributed by atoms with van der Waals surface area (Å²) in [6.07, 6.45) is 4.34. The molecule has 0 atom stereocenters. The largest absolute Gasteiger partial charge is 0.378 e. The molecule has 40 heavy (non-hydrogen) atoms. The van der Waals surface area contributed by atoms with Gasteiger partial charge < -0.3 is 24.8 Å². The van der Waals surface area contributed by atoms with Gasteiger partial charge in [0.2, 0.25) is 0 Å². The molecule has 3 aliphatic heterocycles. The number of fused-ring (bicyclic) bond motifs is 2. The quantitative estimate of drug-likeness (QED) is 0.505. The number of para-hydroxylation sites is 1. The lowest BCUT2D eigenvalue weighted by Gasteiger charge is -2.39. The molecule has 3 amide bonds. The number of hydrogen-bond acceptors (Lipinski definition) is 6. The fraction of sp³-hybridized carbons (Fsp3) is 0.467. The number of anilines is 2. The van der Waals surface area contributed by atoms with Gasteiger partial charge in [-0.05, 0) is 43.0 Å². The van der Waals surface area contributed by atoms with Crippen LogP contribution in [0.1, 0.15) is 59.6 Å². The number of carbonyl (C=O) groups excluding carboxylic acids is 2. The Bertz CT molecular complexity index is 1410. The second kappa shape index (κ2) is 10.6. The third kappa shape index (κ3) is 5.03. The highest BCUT2D eigenvalue weighted by Crippen LogP contribution is 2.33. The number of nitrogens with one attached hydrogen (secondary N) is 2. The minimum Gasteiger partial charge on any atom is -0.378 e. The molecular formula is C30H37N7O3. The van der Waals surface area contributed by atoms with Crippen molar-refractivity contribution in [2.45, 2.75) is 57.7 Å². The summed E-state index contributed by atoms with van der Waals surface area (Å²) in [5.74, 6) is 0.765. The number of urea groups is 1. The first kappa shape index (κ1) is 26.3. The number of carbonyl (C=O) groups is 2. The van der Waals surface area contributed by atoms with Crippen molar-refractivity contribution < 1.29 is 14.3 Å². The lowest BCUT2D eigenvalue weighted by molar-refractivity contribution is 0.0684. The molecule has 210 valence electrons. The molecule has 6 rings (SSSR count). The number of benzene rings is 1. The third-order valence-corrected chi connectivity index (χ3v) is 8.40. The summed E-state index contributed by atoms with van der Waals surface area (Å²) in [5, 5.41) is 10.4. The summed E-state index contributed by atoms with van der Waals surface area (Å²) in [6, 6.07) is 11.9. The zero-order valence-electron chi connectivity index (χ0n) is 23.4. The molecule has 3 aliphatic rings. The first-order valence-corrected chi connectivity index (χ1v) is 14.0.